The monoisotopic (exact) mass is 928 g/mol. The van der Waals surface area contributed by atoms with Crippen LogP contribution in [0.5, 0.6) is 0 Å². The number of pyridine rings is 1. The van der Waals surface area contributed by atoms with Crippen LogP contribution in [0, 0.1) is 0 Å². The molecule has 0 amide bonds. The van der Waals surface area contributed by atoms with E-state index in [-0.39, 0.29) is 0 Å². The van der Waals surface area contributed by atoms with E-state index in [0.29, 0.717) is 5.84 Å². The zero-order valence-corrected chi connectivity index (χ0v) is 39.7. The van der Waals surface area contributed by atoms with Crippen molar-refractivity contribution in [1.82, 2.24) is 10.3 Å². The molecule has 340 valence electrons. The minimum atomic E-state index is -0.469. The van der Waals surface area contributed by atoms with E-state index in [1.54, 1.807) is 0 Å². The summed E-state index contributed by atoms with van der Waals surface area (Å²) in [4.78, 5) is 16.0. The average molecular weight is 929 g/mol. The molecule has 1 spiro atoms. The number of rotatable bonds is 6. The van der Waals surface area contributed by atoms with Crippen molar-refractivity contribution in [2.45, 2.75) is 11.6 Å². The van der Waals surface area contributed by atoms with E-state index >= 15 is 0 Å². The van der Waals surface area contributed by atoms with Crippen molar-refractivity contribution in [2.75, 3.05) is 0 Å². The predicted molar refractivity (Wildman–Crippen MR) is 301 cm³/mol. The molecule has 12 aromatic rings. The average Bonchev–Trinajstić information content (AvgIpc) is 3.95. The van der Waals surface area contributed by atoms with Gasteiger partial charge in [0, 0.05) is 27.5 Å². The SMILES string of the molecule is c1ccc(C2=NC(c3cc(-c4cccc5c4-c4ccccc4C54c5ccccc5-c5ccccc54)cc(-c4ccc(-c5nc6ccccc6c6ccccc56)c5ccccc45)c3)NC(c3ccccc3)=N2)cc1. The minimum Gasteiger partial charge on any atom is -0.344 e. The molecule has 0 radical (unpaired) electrons. The van der Waals surface area contributed by atoms with E-state index in [2.05, 4.69) is 248 Å². The third-order valence-electron chi connectivity index (χ3n) is 15.5. The zero-order chi connectivity index (χ0) is 48.0. The highest BCUT2D eigenvalue weighted by atomic mass is 15.2. The van der Waals surface area contributed by atoms with Gasteiger partial charge in [-0.2, -0.15) is 0 Å². The van der Waals surface area contributed by atoms with Gasteiger partial charge in [0.05, 0.1) is 16.6 Å². The summed E-state index contributed by atoms with van der Waals surface area (Å²) < 4.78 is 0. The Labute approximate surface area is 423 Å². The fourth-order valence-corrected chi connectivity index (χ4v) is 12.5. The van der Waals surface area contributed by atoms with Crippen molar-refractivity contribution < 1.29 is 0 Å². The fraction of sp³-hybridized carbons (Fsp3) is 0.0290. The number of aliphatic imine (C=N–C) groups is 2. The number of benzene rings is 11. The number of aromatic nitrogens is 1. The molecule has 1 unspecified atom stereocenters. The molecule has 0 bridgehead atoms. The predicted octanol–water partition coefficient (Wildman–Crippen LogP) is 16.4. The highest BCUT2D eigenvalue weighted by Gasteiger charge is 2.52. The quantitative estimate of drug-likeness (QED) is 0.169. The number of amidine groups is 2. The molecule has 1 N–H and O–H groups in total. The Bertz CT molecular complexity index is 4260. The molecule has 4 nitrogen and oxygen atoms in total. The van der Waals surface area contributed by atoms with Gasteiger partial charge in [0.2, 0.25) is 0 Å². The van der Waals surface area contributed by atoms with Crippen molar-refractivity contribution in [3.8, 4) is 55.8 Å². The van der Waals surface area contributed by atoms with Crippen molar-refractivity contribution >= 4 is 44.1 Å². The lowest BCUT2D eigenvalue weighted by atomic mass is 9.70. The smallest absolute Gasteiger partial charge is 0.159 e. The van der Waals surface area contributed by atoms with Crippen LogP contribution < -0.4 is 5.32 Å². The highest BCUT2D eigenvalue weighted by molar-refractivity contribution is 6.16. The first kappa shape index (κ1) is 41.3. The van der Waals surface area contributed by atoms with Crippen molar-refractivity contribution in [3.63, 3.8) is 0 Å². The highest BCUT2D eigenvalue weighted by Crippen LogP contribution is 2.64. The lowest BCUT2D eigenvalue weighted by Gasteiger charge is -2.30. The van der Waals surface area contributed by atoms with E-state index in [0.717, 1.165) is 77.5 Å². The molecule has 0 saturated carbocycles. The van der Waals surface area contributed by atoms with Gasteiger partial charge in [-0.15, -0.1) is 0 Å². The second-order valence-corrected chi connectivity index (χ2v) is 19.4. The van der Waals surface area contributed by atoms with E-state index in [1.807, 2.05) is 12.1 Å². The second-order valence-electron chi connectivity index (χ2n) is 19.4. The first-order valence-corrected chi connectivity index (χ1v) is 25.1. The molecular formula is C69H44N4. The summed E-state index contributed by atoms with van der Waals surface area (Å²) in [6.07, 6.45) is -0.454. The van der Waals surface area contributed by atoms with Gasteiger partial charge in [-0.25, -0.2) is 15.0 Å². The number of hydrogen-bond acceptors (Lipinski definition) is 4. The first-order valence-electron chi connectivity index (χ1n) is 25.1. The third-order valence-corrected chi connectivity index (χ3v) is 15.5. The minimum absolute atomic E-state index is 0.454. The van der Waals surface area contributed by atoms with E-state index in [4.69, 9.17) is 15.0 Å². The van der Waals surface area contributed by atoms with Crippen LogP contribution in [-0.4, -0.2) is 16.7 Å². The molecule has 4 heteroatoms. The summed E-state index contributed by atoms with van der Waals surface area (Å²) in [7, 11) is 0. The molecule has 1 atom stereocenters. The van der Waals surface area contributed by atoms with Gasteiger partial charge in [-0.05, 0) is 113 Å². The van der Waals surface area contributed by atoms with Crippen LogP contribution in [0.2, 0.25) is 0 Å². The Balaban J connectivity index is 0.983. The van der Waals surface area contributed by atoms with E-state index in [9.17, 15) is 0 Å². The number of hydrogen-bond donors (Lipinski definition) is 1. The normalized spacial score (nSPS) is 14.8. The Morgan fingerprint density at radius 1 is 0.342 bits per heavy atom. The van der Waals surface area contributed by atoms with Crippen molar-refractivity contribution in [2.24, 2.45) is 9.98 Å². The number of nitrogens with one attached hydrogen (secondary N) is 1. The second kappa shape index (κ2) is 16.3. The van der Waals surface area contributed by atoms with E-state index < -0.39 is 11.6 Å². The van der Waals surface area contributed by atoms with Gasteiger partial charge < -0.3 is 5.32 Å². The summed E-state index contributed by atoms with van der Waals surface area (Å²) in [6.45, 7) is 0. The van der Waals surface area contributed by atoms with Gasteiger partial charge in [0.1, 0.15) is 12.0 Å². The van der Waals surface area contributed by atoms with Crippen LogP contribution in [0.4, 0.5) is 0 Å². The van der Waals surface area contributed by atoms with Gasteiger partial charge in [0.15, 0.2) is 5.84 Å². The standard InChI is InChI=1S/C69H44N4/c1-3-20-43(21-4-1)66-71-67(44-22-5-2-6-23-44)73-68(72-66)47-41-45(48-38-39-57(51-25-8-7-24-50(48)51)65-56-30-10-9-26-52(56)55-29-14-18-37-63(55)70-65)40-46(42-47)49-32-19-36-62-64(49)58-31-13-17-35-61(58)69(62)59-33-15-11-27-53(59)54-28-12-16-34-60(54)69/h1-42,68H,(H,71,72,73). The Hall–Kier alpha value is -9.51. The zero-order valence-electron chi connectivity index (χ0n) is 39.7. The number of nitrogens with zero attached hydrogens (tertiary/aromatic N) is 3. The number of fused-ring (bicyclic) bond motifs is 14. The summed E-state index contributed by atoms with van der Waals surface area (Å²) in [5.41, 5.74) is 20.5. The maximum Gasteiger partial charge on any atom is 0.159 e. The van der Waals surface area contributed by atoms with Gasteiger partial charge in [-0.3, -0.25) is 0 Å². The molecule has 1 aromatic heterocycles. The summed E-state index contributed by atoms with van der Waals surface area (Å²) in [5.74, 6) is 1.47. The topological polar surface area (TPSA) is 49.6 Å². The summed E-state index contributed by atoms with van der Waals surface area (Å²) >= 11 is 0. The maximum atomic E-state index is 5.46. The molecule has 2 aliphatic carbocycles. The number of para-hydroxylation sites is 1. The Morgan fingerprint density at radius 3 is 1.56 bits per heavy atom. The van der Waals surface area contributed by atoms with Crippen LogP contribution >= 0.6 is 0 Å². The molecular weight excluding hydrogens is 885 g/mol. The lowest BCUT2D eigenvalue weighted by Crippen LogP contribution is -2.33. The van der Waals surface area contributed by atoms with Gasteiger partial charge in [-0.1, -0.05) is 231 Å². The molecule has 1 aliphatic heterocycles. The van der Waals surface area contributed by atoms with Gasteiger partial charge >= 0.3 is 0 Å². The van der Waals surface area contributed by atoms with Crippen LogP contribution in [0.1, 0.15) is 45.1 Å². The van der Waals surface area contributed by atoms with Crippen LogP contribution in [0.25, 0.3) is 88.2 Å². The van der Waals surface area contributed by atoms with Crippen molar-refractivity contribution in [3.05, 3.63) is 294 Å². The first-order chi connectivity index (χ1) is 36.2. The maximum absolute atomic E-state index is 5.46. The molecule has 3 aliphatic rings. The third kappa shape index (κ3) is 6.24. The fourth-order valence-electron chi connectivity index (χ4n) is 12.5. The lowest BCUT2D eigenvalue weighted by molar-refractivity contribution is 0.674. The van der Waals surface area contributed by atoms with Gasteiger partial charge in [0.25, 0.3) is 0 Å². The summed E-state index contributed by atoms with van der Waals surface area (Å²) in [6, 6.07) is 92.5. The van der Waals surface area contributed by atoms with Crippen LogP contribution in [-0.2, 0) is 5.41 Å². The molecule has 0 fully saturated rings. The Morgan fingerprint density at radius 2 is 0.849 bits per heavy atom. The molecule has 2 heterocycles. The largest absolute Gasteiger partial charge is 0.344 e. The van der Waals surface area contributed by atoms with Crippen LogP contribution in [0.3, 0.4) is 0 Å². The molecule has 73 heavy (non-hydrogen) atoms. The van der Waals surface area contributed by atoms with Crippen LogP contribution in [0.15, 0.2) is 265 Å². The Kier molecular flexibility index (Phi) is 9.21. The van der Waals surface area contributed by atoms with Crippen molar-refractivity contribution in [1.29, 1.82) is 0 Å². The molecule has 11 aromatic carbocycles. The summed E-state index contributed by atoms with van der Waals surface area (Å²) in [5, 5.41) is 9.62. The molecule has 15 rings (SSSR count). The van der Waals surface area contributed by atoms with E-state index in [1.165, 1.54) is 55.5 Å². The molecule has 0 saturated heterocycles.